The summed E-state index contributed by atoms with van der Waals surface area (Å²) in [5.41, 5.74) is 1.39. The number of carbonyl (C=O) groups is 1. The Morgan fingerprint density at radius 1 is 1.25 bits per heavy atom. The van der Waals surface area contributed by atoms with Crippen LogP contribution in [0.1, 0.15) is 23.1 Å². The Hall–Kier alpha value is -2.86. The molecule has 6 nitrogen and oxygen atoms in total. The summed E-state index contributed by atoms with van der Waals surface area (Å²) in [6.07, 6.45) is 1.60. The van der Waals surface area contributed by atoms with Gasteiger partial charge in [-0.2, -0.15) is 0 Å². The van der Waals surface area contributed by atoms with Crippen molar-refractivity contribution in [2.45, 2.75) is 19.4 Å². The Morgan fingerprint density at radius 3 is 2.71 bits per heavy atom. The molecule has 0 radical (unpaired) electrons. The van der Waals surface area contributed by atoms with Crippen molar-refractivity contribution in [1.82, 2.24) is 10.3 Å². The van der Waals surface area contributed by atoms with E-state index in [-0.39, 0.29) is 18.9 Å². The molecular formula is C18H18N2O4. The highest BCUT2D eigenvalue weighted by molar-refractivity contribution is 5.79. The topological polar surface area (TPSA) is 88.5 Å². The summed E-state index contributed by atoms with van der Waals surface area (Å²) in [7, 11) is 0. The van der Waals surface area contributed by atoms with E-state index in [1.807, 2.05) is 30.3 Å². The zero-order valence-electron chi connectivity index (χ0n) is 13.2. The number of benzene rings is 1. The summed E-state index contributed by atoms with van der Waals surface area (Å²) in [6, 6.07) is 12.4. The van der Waals surface area contributed by atoms with Crippen molar-refractivity contribution >= 4 is 5.91 Å². The van der Waals surface area contributed by atoms with E-state index in [1.54, 1.807) is 19.1 Å². The number of aliphatic hydroxyl groups is 1. The second kappa shape index (κ2) is 7.14. The second-order valence-corrected chi connectivity index (χ2v) is 5.39. The Bertz CT molecular complexity index is 794. The van der Waals surface area contributed by atoms with Gasteiger partial charge in [0.1, 0.15) is 5.76 Å². The van der Waals surface area contributed by atoms with Gasteiger partial charge in [0.15, 0.2) is 5.76 Å². The van der Waals surface area contributed by atoms with Gasteiger partial charge in [-0.05, 0) is 24.6 Å². The van der Waals surface area contributed by atoms with Gasteiger partial charge in [-0.25, -0.2) is 4.98 Å². The number of aromatic nitrogens is 1. The summed E-state index contributed by atoms with van der Waals surface area (Å²) >= 11 is 0. The van der Waals surface area contributed by atoms with Gasteiger partial charge in [-0.15, -0.1) is 0 Å². The lowest BCUT2D eigenvalue weighted by molar-refractivity contribution is -0.121. The summed E-state index contributed by atoms with van der Waals surface area (Å²) in [4.78, 5) is 16.6. The number of oxazole rings is 1. The lowest BCUT2D eigenvalue weighted by atomic mass is 10.1. The van der Waals surface area contributed by atoms with E-state index in [1.165, 1.54) is 6.26 Å². The molecule has 0 aliphatic heterocycles. The molecule has 1 aromatic carbocycles. The molecule has 124 valence electrons. The maximum atomic E-state index is 12.3. The van der Waals surface area contributed by atoms with Gasteiger partial charge in [0.2, 0.25) is 5.91 Å². The van der Waals surface area contributed by atoms with Crippen LogP contribution in [0.4, 0.5) is 0 Å². The van der Waals surface area contributed by atoms with Crippen LogP contribution >= 0.6 is 0 Å². The van der Waals surface area contributed by atoms with E-state index in [4.69, 9.17) is 8.83 Å². The van der Waals surface area contributed by atoms with Crippen LogP contribution in [0.25, 0.3) is 11.7 Å². The molecular weight excluding hydrogens is 308 g/mol. The fourth-order valence-corrected chi connectivity index (χ4v) is 2.41. The predicted molar refractivity (Wildman–Crippen MR) is 87.1 cm³/mol. The third kappa shape index (κ3) is 3.55. The summed E-state index contributed by atoms with van der Waals surface area (Å²) in [5.74, 6) is 1.20. The molecule has 3 rings (SSSR count). The van der Waals surface area contributed by atoms with E-state index in [0.29, 0.717) is 23.1 Å². The first-order valence-electron chi connectivity index (χ1n) is 7.62. The first kappa shape index (κ1) is 16.0. The molecule has 6 heteroatoms. The fraction of sp³-hybridized carbons (Fsp3) is 0.222. The van der Waals surface area contributed by atoms with Crippen LogP contribution in [0.2, 0.25) is 0 Å². The lowest BCUT2D eigenvalue weighted by Crippen LogP contribution is -2.32. The zero-order valence-corrected chi connectivity index (χ0v) is 13.2. The number of furan rings is 1. The summed E-state index contributed by atoms with van der Waals surface area (Å²) in [6.45, 7) is 1.58. The Kier molecular flexibility index (Phi) is 4.77. The van der Waals surface area contributed by atoms with Crippen molar-refractivity contribution < 1.29 is 18.7 Å². The number of carbonyl (C=O) groups excluding carboxylic acids is 1. The molecule has 1 amide bonds. The van der Waals surface area contributed by atoms with Gasteiger partial charge >= 0.3 is 0 Å². The smallest absolute Gasteiger partial charge is 0.263 e. The maximum Gasteiger partial charge on any atom is 0.263 e. The second-order valence-electron chi connectivity index (χ2n) is 5.39. The lowest BCUT2D eigenvalue weighted by Gasteiger charge is -2.16. The van der Waals surface area contributed by atoms with Crippen molar-refractivity contribution in [3.8, 4) is 11.7 Å². The first-order valence-corrected chi connectivity index (χ1v) is 7.62. The number of amides is 1. The molecule has 0 fully saturated rings. The van der Waals surface area contributed by atoms with E-state index in [0.717, 1.165) is 5.56 Å². The number of aryl methyl sites for hydroxylation is 1. The number of rotatable bonds is 6. The quantitative estimate of drug-likeness (QED) is 0.727. The molecule has 2 N–H and O–H groups in total. The number of hydrogen-bond acceptors (Lipinski definition) is 5. The average molecular weight is 326 g/mol. The number of hydrogen-bond donors (Lipinski definition) is 2. The van der Waals surface area contributed by atoms with Crippen molar-refractivity contribution in [2.24, 2.45) is 0 Å². The highest BCUT2D eigenvalue weighted by Crippen LogP contribution is 2.22. The van der Waals surface area contributed by atoms with Crippen LogP contribution in [0.5, 0.6) is 0 Å². The molecule has 1 unspecified atom stereocenters. The molecule has 2 aromatic heterocycles. The van der Waals surface area contributed by atoms with Crippen LogP contribution in [-0.4, -0.2) is 22.6 Å². The van der Waals surface area contributed by atoms with Crippen LogP contribution in [0.3, 0.4) is 0 Å². The van der Waals surface area contributed by atoms with Crippen molar-refractivity contribution in [3.63, 3.8) is 0 Å². The largest absolute Gasteiger partial charge is 0.459 e. The van der Waals surface area contributed by atoms with Crippen LogP contribution < -0.4 is 5.32 Å². The molecule has 0 spiro atoms. The Morgan fingerprint density at radius 2 is 2.04 bits per heavy atom. The van der Waals surface area contributed by atoms with Gasteiger partial charge in [0.25, 0.3) is 5.89 Å². The van der Waals surface area contributed by atoms with Gasteiger partial charge in [-0.3, -0.25) is 4.79 Å². The molecule has 3 aromatic rings. The summed E-state index contributed by atoms with van der Waals surface area (Å²) in [5, 5.41) is 12.3. The summed E-state index contributed by atoms with van der Waals surface area (Å²) < 4.78 is 10.8. The van der Waals surface area contributed by atoms with Crippen LogP contribution in [0, 0.1) is 6.92 Å². The predicted octanol–water partition coefficient (Wildman–Crippen LogP) is 2.64. The Labute approximate surface area is 139 Å². The van der Waals surface area contributed by atoms with E-state index < -0.39 is 6.04 Å². The number of nitrogens with zero attached hydrogens (tertiary/aromatic N) is 1. The number of nitrogens with one attached hydrogen (secondary N) is 1. The normalized spacial score (nSPS) is 12.1. The highest BCUT2D eigenvalue weighted by atomic mass is 16.4. The Balaban J connectivity index is 1.69. The van der Waals surface area contributed by atoms with Crippen molar-refractivity contribution in [3.05, 3.63) is 65.7 Å². The van der Waals surface area contributed by atoms with E-state index in [2.05, 4.69) is 10.3 Å². The van der Waals surface area contributed by atoms with Crippen molar-refractivity contribution in [2.75, 3.05) is 6.61 Å². The molecule has 0 saturated heterocycles. The molecule has 0 saturated carbocycles. The third-order valence-electron chi connectivity index (χ3n) is 3.67. The molecule has 0 bridgehead atoms. The van der Waals surface area contributed by atoms with Crippen molar-refractivity contribution in [1.29, 1.82) is 0 Å². The van der Waals surface area contributed by atoms with E-state index >= 15 is 0 Å². The van der Waals surface area contributed by atoms with Crippen LogP contribution in [-0.2, 0) is 11.2 Å². The molecule has 0 aliphatic carbocycles. The monoisotopic (exact) mass is 326 g/mol. The number of aliphatic hydroxyl groups excluding tert-OH is 1. The molecule has 2 heterocycles. The van der Waals surface area contributed by atoms with Gasteiger partial charge < -0.3 is 19.3 Å². The standard InChI is InChI=1S/C18H18N2O4/c1-12-14(20-18(24-12)16-8-5-9-23-16)10-17(22)19-15(11-21)13-6-3-2-4-7-13/h2-9,15,21H,10-11H2,1H3,(H,19,22). The molecule has 0 aliphatic rings. The van der Waals surface area contributed by atoms with Gasteiger partial charge in [0, 0.05) is 0 Å². The minimum absolute atomic E-state index is 0.0688. The fourth-order valence-electron chi connectivity index (χ4n) is 2.41. The maximum absolute atomic E-state index is 12.3. The van der Waals surface area contributed by atoms with Crippen LogP contribution in [0.15, 0.2) is 57.6 Å². The van der Waals surface area contributed by atoms with Gasteiger partial charge in [-0.1, -0.05) is 30.3 Å². The SMILES string of the molecule is Cc1oc(-c2ccco2)nc1CC(=O)NC(CO)c1ccccc1. The third-order valence-corrected chi connectivity index (χ3v) is 3.67. The molecule has 24 heavy (non-hydrogen) atoms. The first-order chi connectivity index (χ1) is 11.7. The molecule has 1 atom stereocenters. The van der Waals surface area contributed by atoms with Gasteiger partial charge in [0.05, 0.1) is 31.0 Å². The minimum Gasteiger partial charge on any atom is -0.459 e. The average Bonchev–Trinajstić information content (AvgIpc) is 3.24. The van der Waals surface area contributed by atoms with E-state index in [9.17, 15) is 9.90 Å². The highest BCUT2D eigenvalue weighted by Gasteiger charge is 2.18. The zero-order chi connectivity index (χ0) is 16.9. The minimum atomic E-state index is -0.449.